The average Bonchev–Trinajstić information content (AvgIpc) is 1.87. The van der Waals surface area contributed by atoms with Crippen molar-refractivity contribution in [3.8, 4) is 0 Å². The molecule has 0 spiro atoms. The number of hydrogen-bond donors (Lipinski definition) is 0. The van der Waals surface area contributed by atoms with E-state index in [-0.39, 0.29) is 0 Å². The van der Waals surface area contributed by atoms with Crippen LogP contribution in [0.4, 0.5) is 0 Å². The third-order valence-electron chi connectivity index (χ3n) is 1.89. The Morgan fingerprint density at radius 3 is 2.18 bits per heavy atom. The zero-order valence-electron chi connectivity index (χ0n) is 8.52. The molecule has 0 aromatic rings. The molecule has 0 saturated carbocycles. The molecule has 0 radical (unpaired) electrons. The lowest BCUT2D eigenvalue weighted by Gasteiger charge is -2.17. The predicted molar refractivity (Wildman–Crippen MR) is 51.5 cm³/mol. The van der Waals surface area contributed by atoms with E-state index < -0.39 is 0 Å². The van der Waals surface area contributed by atoms with Crippen LogP contribution in [-0.2, 0) is 0 Å². The lowest BCUT2D eigenvalue weighted by molar-refractivity contribution is 0.456. The van der Waals surface area contributed by atoms with Gasteiger partial charge in [0.15, 0.2) is 0 Å². The first-order chi connectivity index (χ1) is 5.07. The molecule has 0 unspecified atom stereocenters. The maximum Gasteiger partial charge on any atom is 0.00842 e. The number of allylic oxidation sites excluding steroid dienone is 2. The lowest BCUT2D eigenvalue weighted by Crippen LogP contribution is -2.11. The monoisotopic (exact) mass is 155 g/mol. The highest BCUT2D eigenvalue weighted by Gasteiger charge is 1.99. The molecule has 11 heavy (non-hydrogen) atoms. The van der Waals surface area contributed by atoms with Gasteiger partial charge in [-0.2, -0.15) is 0 Å². The Labute approximate surface area is 71.1 Å². The molecule has 0 aliphatic rings. The molecule has 0 bridgehead atoms. The molecule has 0 amide bonds. The third-order valence-corrected chi connectivity index (χ3v) is 1.89. The fourth-order valence-corrected chi connectivity index (χ4v) is 1.06. The SMILES string of the molecule is CC=C(CCC(C)C)N(C)C. The summed E-state index contributed by atoms with van der Waals surface area (Å²) in [4.78, 5) is 2.20. The van der Waals surface area contributed by atoms with Gasteiger partial charge in [0.2, 0.25) is 0 Å². The van der Waals surface area contributed by atoms with Gasteiger partial charge in [0.25, 0.3) is 0 Å². The Hall–Kier alpha value is -0.460. The van der Waals surface area contributed by atoms with Gasteiger partial charge in [0, 0.05) is 19.8 Å². The molecule has 0 aliphatic heterocycles. The van der Waals surface area contributed by atoms with Crippen LogP contribution in [0, 0.1) is 5.92 Å². The van der Waals surface area contributed by atoms with E-state index in [0.717, 1.165) is 5.92 Å². The van der Waals surface area contributed by atoms with Crippen molar-refractivity contribution in [1.82, 2.24) is 4.90 Å². The van der Waals surface area contributed by atoms with Crippen LogP contribution >= 0.6 is 0 Å². The minimum atomic E-state index is 0.810. The van der Waals surface area contributed by atoms with Gasteiger partial charge >= 0.3 is 0 Å². The fourth-order valence-electron chi connectivity index (χ4n) is 1.06. The molecule has 0 heterocycles. The van der Waals surface area contributed by atoms with E-state index in [9.17, 15) is 0 Å². The van der Waals surface area contributed by atoms with Crippen molar-refractivity contribution in [2.45, 2.75) is 33.6 Å². The number of nitrogens with zero attached hydrogens (tertiary/aromatic N) is 1. The van der Waals surface area contributed by atoms with Gasteiger partial charge in [-0.1, -0.05) is 19.9 Å². The predicted octanol–water partition coefficient (Wildman–Crippen LogP) is 2.89. The molecule has 0 N–H and O–H groups in total. The summed E-state index contributed by atoms with van der Waals surface area (Å²) in [5, 5.41) is 0. The highest BCUT2D eigenvalue weighted by atomic mass is 15.1. The van der Waals surface area contributed by atoms with Crippen LogP contribution in [0.5, 0.6) is 0 Å². The number of hydrogen-bond acceptors (Lipinski definition) is 1. The quantitative estimate of drug-likeness (QED) is 0.603. The van der Waals surface area contributed by atoms with E-state index >= 15 is 0 Å². The maximum absolute atomic E-state index is 2.27. The minimum Gasteiger partial charge on any atom is -0.381 e. The first kappa shape index (κ1) is 10.5. The van der Waals surface area contributed by atoms with Crippen LogP contribution in [0.1, 0.15) is 33.6 Å². The second-order valence-corrected chi connectivity index (χ2v) is 3.61. The topological polar surface area (TPSA) is 3.24 Å². The minimum absolute atomic E-state index is 0.810. The Morgan fingerprint density at radius 1 is 1.36 bits per heavy atom. The highest BCUT2D eigenvalue weighted by Crippen LogP contribution is 2.12. The molecule has 0 aromatic heterocycles. The second-order valence-electron chi connectivity index (χ2n) is 3.61. The van der Waals surface area contributed by atoms with Crippen LogP contribution in [0.25, 0.3) is 0 Å². The number of rotatable bonds is 4. The van der Waals surface area contributed by atoms with E-state index in [1.54, 1.807) is 0 Å². The van der Waals surface area contributed by atoms with Crippen molar-refractivity contribution in [2.75, 3.05) is 14.1 Å². The average molecular weight is 155 g/mol. The second kappa shape index (κ2) is 5.22. The molecule has 0 fully saturated rings. The van der Waals surface area contributed by atoms with Crippen LogP contribution < -0.4 is 0 Å². The first-order valence-corrected chi connectivity index (χ1v) is 4.40. The van der Waals surface area contributed by atoms with E-state index in [4.69, 9.17) is 0 Å². The van der Waals surface area contributed by atoms with Gasteiger partial charge in [-0.15, -0.1) is 0 Å². The Bertz CT molecular complexity index is 123. The van der Waals surface area contributed by atoms with Crippen molar-refractivity contribution in [1.29, 1.82) is 0 Å². The summed E-state index contributed by atoms with van der Waals surface area (Å²) in [5.74, 6) is 0.810. The summed E-state index contributed by atoms with van der Waals surface area (Å²) < 4.78 is 0. The van der Waals surface area contributed by atoms with Gasteiger partial charge < -0.3 is 4.90 Å². The molecule has 0 rings (SSSR count). The Balaban J connectivity index is 3.72. The summed E-state index contributed by atoms with van der Waals surface area (Å²) in [7, 11) is 4.21. The summed E-state index contributed by atoms with van der Waals surface area (Å²) in [5.41, 5.74) is 1.44. The smallest absolute Gasteiger partial charge is 0.00842 e. The third kappa shape index (κ3) is 4.88. The van der Waals surface area contributed by atoms with Crippen molar-refractivity contribution in [2.24, 2.45) is 5.92 Å². The van der Waals surface area contributed by atoms with E-state index in [1.165, 1.54) is 18.5 Å². The van der Waals surface area contributed by atoms with Crippen LogP contribution in [0.2, 0.25) is 0 Å². The standard InChI is InChI=1S/C10H21N/c1-6-10(11(4)5)8-7-9(2)3/h6,9H,7-8H2,1-5H3. The Kier molecular flexibility index (Phi) is 5.01. The molecule has 0 aliphatic carbocycles. The molecule has 1 nitrogen and oxygen atoms in total. The van der Waals surface area contributed by atoms with Crippen LogP contribution in [0.15, 0.2) is 11.8 Å². The largest absolute Gasteiger partial charge is 0.381 e. The molecule has 0 atom stereocenters. The molecular formula is C10H21N. The van der Waals surface area contributed by atoms with E-state index in [1.807, 2.05) is 0 Å². The Morgan fingerprint density at radius 2 is 1.91 bits per heavy atom. The van der Waals surface area contributed by atoms with Crippen molar-refractivity contribution in [3.63, 3.8) is 0 Å². The zero-order chi connectivity index (χ0) is 8.85. The van der Waals surface area contributed by atoms with Gasteiger partial charge in [-0.25, -0.2) is 0 Å². The summed E-state index contributed by atoms with van der Waals surface area (Å²) in [6.45, 7) is 6.64. The normalized spacial score (nSPS) is 12.4. The van der Waals surface area contributed by atoms with E-state index in [2.05, 4.69) is 45.8 Å². The van der Waals surface area contributed by atoms with Crippen LogP contribution in [0.3, 0.4) is 0 Å². The van der Waals surface area contributed by atoms with Gasteiger partial charge in [0.1, 0.15) is 0 Å². The van der Waals surface area contributed by atoms with Gasteiger partial charge in [-0.05, 0) is 25.7 Å². The fraction of sp³-hybridized carbons (Fsp3) is 0.800. The highest BCUT2D eigenvalue weighted by molar-refractivity contribution is 4.97. The summed E-state index contributed by atoms with van der Waals surface area (Å²) in [6, 6.07) is 0. The van der Waals surface area contributed by atoms with Gasteiger partial charge in [-0.3, -0.25) is 0 Å². The van der Waals surface area contributed by atoms with Crippen molar-refractivity contribution < 1.29 is 0 Å². The van der Waals surface area contributed by atoms with E-state index in [0.29, 0.717) is 0 Å². The zero-order valence-corrected chi connectivity index (χ0v) is 8.52. The summed E-state index contributed by atoms with van der Waals surface area (Å²) in [6.07, 6.45) is 4.70. The first-order valence-electron chi connectivity index (χ1n) is 4.40. The van der Waals surface area contributed by atoms with Crippen molar-refractivity contribution in [3.05, 3.63) is 11.8 Å². The van der Waals surface area contributed by atoms with Crippen molar-refractivity contribution >= 4 is 0 Å². The molecule has 1 heteroatoms. The molecule has 0 aromatic carbocycles. The lowest BCUT2D eigenvalue weighted by atomic mass is 10.1. The van der Waals surface area contributed by atoms with Gasteiger partial charge in [0.05, 0.1) is 0 Å². The molecule has 0 saturated heterocycles. The molecule has 66 valence electrons. The van der Waals surface area contributed by atoms with Crippen LogP contribution in [-0.4, -0.2) is 19.0 Å². The molecular weight excluding hydrogens is 134 g/mol. The summed E-state index contributed by atoms with van der Waals surface area (Å²) >= 11 is 0. The maximum atomic E-state index is 2.27.